The van der Waals surface area contributed by atoms with E-state index in [9.17, 15) is 4.79 Å². The van der Waals surface area contributed by atoms with Gasteiger partial charge in [-0.25, -0.2) is 4.99 Å². The number of hydrogen-bond acceptors (Lipinski definition) is 2. The molecule has 0 fully saturated rings. The van der Waals surface area contributed by atoms with E-state index >= 15 is 0 Å². The lowest BCUT2D eigenvalue weighted by molar-refractivity contribution is -0.110. The highest BCUT2D eigenvalue weighted by atomic mass is 16.2. The van der Waals surface area contributed by atoms with Crippen LogP contribution in [0.4, 0.5) is 11.4 Å². The van der Waals surface area contributed by atoms with Crippen molar-refractivity contribution < 1.29 is 4.79 Å². The Hall–Kier alpha value is -2.42. The zero-order chi connectivity index (χ0) is 14.3. The molecule has 1 amide bonds. The third kappa shape index (κ3) is 2.01. The Morgan fingerprint density at radius 2 is 1.80 bits per heavy atom. The van der Waals surface area contributed by atoms with Gasteiger partial charge >= 0.3 is 0 Å². The van der Waals surface area contributed by atoms with Gasteiger partial charge in [0, 0.05) is 5.56 Å². The molecule has 0 atom stereocenters. The fraction of sp³-hybridized carbons (Fsp3) is 0.176. The molecule has 0 unspecified atom stereocenters. The molecule has 1 N–H and O–H groups in total. The fourth-order valence-electron chi connectivity index (χ4n) is 2.49. The van der Waals surface area contributed by atoms with E-state index < -0.39 is 0 Å². The van der Waals surface area contributed by atoms with Gasteiger partial charge in [0.2, 0.25) is 0 Å². The molecule has 0 aromatic heterocycles. The predicted octanol–water partition coefficient (Wildman–Crippen LogP) is 3.68. The van der Waals surface area contributed by atoms with Crippen molar-refractivity contribution in [1.29, 1.82) is 0 Å². The molecule has 3 rings (SSSR count). The molecule has 0 radical (unpaired) electrons. The summed E-state index contributed by atoms with van der Waals surface area (Å²) >= 11 is 0. The number of fused-ring (bicyclic) bond motifs is 1. The summed E-state index contributed by atoms with van der Waals surface area (Å²) in [6.45, 7) is 6.04. The van der Waals surface area contributed by atoms with Gasteiger partial charge in [-0.05, 0) is 38.0 Å². The first-order valence-corrected chi connectivity index (χ1v) is 6.63. The highest BCUT2D eigenvalue weighted by molar-refractivity contribution is 6.54. The smallest absolute Gasteiger partial charge is 0.275 e. The van der Waals surface area contributed by atoms with Gasteiger partial charge in [0.15, 0.2) is 0 Å². The van der Waals surface area contributed by atoms with Crippen molar-refractivity contribution in [2.75, 3.05) is 5.32 Å². The summed E-state index contributed by atoms with van der Waals surface area (Å²) in [5.41, 5.74) is 6.42. The zero-order valence-electron chi connectivity index (χ0n) is 11.8. The first kappa shape index (κ1) is 12.6. The highest BCUT2D eigenvalue weighted by Crippen LogP contribution is 2.29. The Balaban J connectivity index is 2.14. The number of anilines is 1. The Morgan fingerprint density at radius 1 is 1.00 bits per heavy atom. The van der Waals surface area contributed by atoms with Crippen LogP contribution >= 0.6 is 0 Å². The molecule has 3 heteroatoms. The van der Waals surface area contributed by atoms with Crippen LogP contribution in [-0.4, -0.2) is 11.6 Å². The number of nitrogens with zero attached hydrogens (tertiary/aromatic N) is 1. The molecular weight excluding hydrogens is 248 g/mol. The number of benzene rings is 2. The molecule has 0 spiro atoms. The van der Waals surface area contributed by atoms with Gasteiger partial charge in [0.1, 0.15) is 5.71 Å². The lowest BCUT2D eigenvalue weighted by atomic mass is 10.1. The van der Waals surface area contributed by atoms with E-state index in [4.69, 9.17) is 0 Å². The summed E-state index contributed by atoms with van der Waals surface area (Å²) < 4.78 is 0. The number of carbonyl (C=O) groups is 1. The van der Waals surface area contributed by atoms with E-state index in [2.05, 4.69) is 16.4 Å². The minimum absolute atomic E-state index is 0.130. The summed E-state index contributed by atoms with van der Waals surface area (Å²) in [5, 5.41) is 2.90. The lowest BCUT2D eigenvalue weighted by Crippen LogP contribution is -2.14. The van der Waals surface area contributed by atoms with Crippen LogP contribution in [0.15, 0.2) is 41.4 Å². The summed E-state index contributed by atoms with van der Waals surface area (Å²) in [4.78, 5) is 16.7. The van der Waals surface area contributed by atoms with Crippen LogP contribution in [0.3, 0.4) is 0 Å². The van der Waals surface area contributed by atoms with Crippen molar-refractivity contribution in [3.8, 4) is 0 Å². The molecule has 20 heavy (non-hydrogen) atoms. The van der Waals surface area contributed by atoms with Crippen molar-refractivity contribution >= 4 is 23.0 Å². The summed E-state index contributed by atoms with van der Waals surface area (Å²) in [6, 6.07) is 11.9. The molecule has 0 aliphatic carbocycles. The molecule has 0 bridgehead atoms. The third-order valence-corrected chi connectivity index (χ3v) is 3.57. The van der Waals surface area contributed by atoms with Crippen LogP contribution in [0.1, 0.15) is 22.3 Å². The molecule has 0 saturated carbocycles. The van der Waals surface area contributed by atoms with Gasteiger partial charge < -0.3 is 5.32 Å². The largest absolute Gasteiger partial charge is 0.320 e. The van der Waals surface area contributed by atoms with Crippen molar-refractivity contribution in [3.63, 3.8) is 0 Å². The molecule has 3 nitrogen and oxygen atoms in total. The van der Waals surface area contributed by atoms with Gasteiger partial charge in [-0.2, -0.15) is 0 Å². The second-order valence-electron chi connectivity index (χ2n) is 5.20. The molecular formula is C17H16N2O. The Morgan fingerprint density at radius 3 is 2.55 bits per heavy atom. The fourth-order valence-corrected chi connectivity index (χ4v) is 2.49. The van der Waals surface area contributed by atoms with Crippen LogP contribution in [0.2, 0.25) is 0 Å². The lowest BCUT2D eigenvalue weighted by Gasteiger charge is -2.03. The molecule has 100 valence electrons. The van der Waals surface area contributed by atoms with Crippen molar-refractivity contribution in [2.24, 2.45) is 4.99 Å². The molecule has 1 aliphatic heterocycles. The molecule has 1 heterocycles. The van der Waals surface area contributed by atoms with E-state index in [0.29, 0.717) is 5.71 Å². The Bertz CT molecular complexity index is 745. The number of hydrogen-bond donors (Lipinski definition) is 1. The third-order valence-electron chi connectivity index (χ3n) is 3.57. The van der Waals surface area contributed by atoms with Gasteiger partial charge in [0.05, 0.1) is 11.4 Å². The number of para-hydroxylation sites is 1. The Kier molecular flexibility index (Phi) is 2.90. The number of rotatable bonds is 1. The SMILES string of the molecule is Cc1ccc(N=C2C(=O)Nc3c(C)cccc32)c(C)c1. The number of aryl methyl sites for hydroxylation is 3. The van der Waals surface area contributed by atoms with Crippen LogP contribution in [0.5, 0.6) is 0 Å². The maximum atomic E-state index is 12.1. The summed E-state index contributed by atoms with van der Waals surface area (Å²) in [6.07, 6.45) is 0. The molecule has 0 saturated heterocycles. The average Bonchev–Trinajstić information content (AvgIpc) is 2.71. The van der Waals surface area contributed by atoms with Gasteiger partial charge in [-0.15, -0.1) is 0 Å². The minimum Gasteiger partial charge on any atom is -0.320 e. The van der Waals surface area contributed by atoms with Crippen LogP contribution in [0, 0.1) is 20.8 Å². The number of carbonyl (C=O) groups excluding carboxylic acids is 1. The predicted molar refractivity (Wildman–Crippen MR) is 81.9 cm³/mol. The van der Waals surface area contributed by atoms with E-state index in [1.807, 2.05) is 51.1 Å². The summed E-state index contributed by atoms with van der Waals surface area (Å²) in [5.74, 6) is -0.130. The second-order valence-corrected chi connectivity index (χ2v) is 5.20. The average molecular weight is 264 g/mol. The van der Waals surface area contributed by atoms with Crippen molar-refractivity contribution in [1.82, 2.24) is 0 Å². The Labute approximate surface area is 118 Å². The van der Waals surface area contributed by atoms with E-state index in [-0.39, 0.29) is 5.91 Å². The standard InChI is InChI=1S/C17H16N2O/c1-10-7-8-14(12(3)9-10)18-16-13-6-4-5-11(2)15(13)19-17(16)20/h4-9H,1-3H3,(H,18,19,20). The monoisotopic (exact) mass is 264 g/mol. The number of aliphatic imine (C=N–C) groups is 1. The van der Waals surface area contributed by atoms with Crippen LogP contribution in [-0.2, 0) is 4.79 Å². The molecule has 2 aromatic rings. The van der Waals surface area contributed by atoms with E-state index in [1.165, 1.54) is 5.56 Å². The maximum Gasteiger partial charge on any atom is 0.275 e. The topological polar surface area (TPSA) is 41.5 Å². The number of amides is 1. The van der Waals surface area contributed by atoms with Gasteiger partial charge in [-0.3, -0.25) is 4.79 Å². The van der Waals surface area contributed by atoms with Crippen molar-refractivity contribution in [2.45, 2.75) is 20.8 Å². The van der Waals surface area contributed by atoms with Gasteiger partial charge in [-0.1, -0.05) is 35.9 Å². The zero-order valence-corrected chi connectivity index (χ0v) is 11.8. The quantitative estimate of drug-likeness (QED) is 0.838. The molecule has 2 aromatic carbocycles. The minimum atomic E-state index is -0.130. The first-order chi connectivity index (χ1) is 9.56. The molecule has 1 aliphatic rings. The normalized spacial score (nSPS) is 15.3. The highest BCUT2D eigenvalue weighted by Gasteiger charge is 2.26. The second kappa shape index (κ2) is 4.60. The van der Waals surface area contributed by atoms with Crippen LogP contribution < -0.4 is 5.32 Å². The number of nitrogens with one attached hydrogen (secondary N) is 1. The first-order valence-electron chi connectivity index (χ1n) is 6.63. The van der Waals surface area contributed by atoms with Crippen LogP contribution in [0.25, 0.3) is 0 Å². The van der Waals surface area contributed by atoms with Crippen molar-refractivity contribution in [3.05, 3.63) is 58.7 Å². The van der Waals surface area contributed by atoms with E-state index in [0.717, 1.165) is 28.1 Å². The summed E-state index contributed by atoms with van der Waals surface area (Å²) in [7, 11) is 0. The van der Waals surface area contributed by atoms with Gasteiger partial charge in [0.25, 0.3) is 5.91 Å². The van der Waals surface area contributed by atoms with E-state index in [1.54, 1.807) is 0 Å². The maximum absolute atomic E-state index is 12.1.